The molecular weight excluding hydrogens is 128 g/mol. The van der Waals surface area contributed by atoms with Gasteiger partial charge in [0.1, 0.15) is 0 Å². The summed E-state index contributed by atoms with van der Waals surface area (Å²) in [6.45, 7) is -0.297. The molecule has 0 rings (SSSR count). The van der Waals surface area contributed by atoms with Crippen molar-refractivity contribution in [2.75, 3.05) is 6.61 Å². The first-order valence-corrected chi connectivity index (χ1v) is 2.35. The zero-order chi connectivity index (χ0) is 7.28. The van der Waals surface area contributed by atoms with Crippen molar-refractivity contribution in [1.29, 1.82) is 0 Å². The highest BCUT2D eigenvalue weighted by Gasteiger charge is 2.06. The lowest BCUT2D eigenvalue weighted by atomic mass is 10.4. The van der Waals surface area contributed by atoms with E-state index < -0.39 is 12.4 Å². The molecule has 5 nitrogen and oxygen atoms in total. The summed E-state index contributed by atoms with van der Waals surface area (Å²) in [5, 5.41) is 24.4. The molecule has 0 aromatic rings. The third-order valence-corrected chi connectivity index (χ3v) is 0.613. The number of carbonyl (C=O) groups is 1. The highest BCUT2D eigenvalue weighted by molar-refractivity contribution is 5.56. The molecule has 0 aliphatic carbocycles. The lowest BCUT2D eigenvalue weighted by Crippen LogP contribution is -2.16. The highest BCUT2D eigenvalue weighted by atomic mass is 16.7. The molecule has 9 heavy (non-hydrogen) atoms. The van der Waals surface area contributed by atoms with Gasteiger partial charge in [-0.3, -0.25) is 0 Å². The van der Waals surface area contributed by atoms with Gasteiger partial charge in [-0.05, 0) is 0 Å². The lowest BCUT2D eigenvalue weighted by Gasteiger charge is -2.05. The SMILES string of the molecule is O=C(O)OC(O)CCO. The molecule has 0 spiro atoms. The first kappa shape index (κ1) is 8.19. The molecule has 0 amide bonds. The molecule has 54 valence electrons. The van der Waals surface area contributed by atoms with Crippen LogP contribution in [-0.2, 0) is 4.74 Å². The molecule has 5 heteroatoms. The molecule has 0 aromatic heterocycles. The van der Waals surface area contributed by atoms with Gasteiger partial charge in [-0.15, -0.1) is 0 Å². The molecular formula is C4H8O5. The largest absolute Gasteiger partial charge is 0.508 e. The summed E-state index contributed by atoms with van der Waals surface area (Å²) in [7, 11) is 0. The van der Waals surface area contributed by atoms with Crippen LogP contribution in [0.15, 0.2) is 0 Å². The average molecular weight is 136 g/mol. The lowest BCUT2D eigenvalue weighted by molar-refractivity contribution is -0.0804. The molecule has 0 saturated carbocycles. The zero-order valence-corrected chi connectivity index (χ0v) is 4.65. The van der Waals surface area contributed by atoms with E-state index in [9.17, 15) is 4.79 Å². The Morgan fingerprint density at radius 1 is 1.67 bits per heavy atom. The Balaban J connectivity index is 3.26. The van der Waals surface area contributed by atoms with Crippen molar-refractivity contribution in [2.24, 2.45) is 0 Å². The van der Waals surface area contributed by atoms with Gasteiger partial charge < -0.3 is 20.1 Å². The minimum absolute atomic E-state index is 0.0910. The van der Waals surface area contributed by atoms with E-state index >= 15 is 0 Å². The number of aliphatic hydroxyl groups is 2. The highest BCUT2D eigenvalue weighted by Crippen LogP contribution is 1.91. The summed E-state index contributed by atoms with van der Waals surface area (Å²) < 4.78 is 3.80. The number of rotatable bonds is 3. The second-order valence-electron chi connectivity index (χ2n) is 1.35. The van der Waals surface area contributed by atoms with Crippen LogP contribution in [0, 0.1) is 0 Å². The maximum absolute atomic E-state index is 9.62. The van der Waals surface area contributed by atoms with Gasteiger partial charge in [-0.1, -0.05) is 0 Å². The molecule has 0 aliphatic heterocycles. The fourth-order valence-electron chi connectivity index (χ4n) is 0.286. The topological polar surface area (TPSA) is 87.0 Å². The second-order valence-corrected chi connectivity index (χ2v) is 1.35. The number of ether oxygens (including phenoxy) is 1. The Morgan fingerprint density at radius 3 is 2.56 bits per heavy atom. The summed E-state index contributed by atoms with van der Waals surface area (Å²) in [6, 6.07) is 0. The van der Waals surface area contributed by atoms with Crippen molar-refractivity contribution in [2.45, 2.75) is 12.7 Å². The number of hydrogen-bond acceptors (Lipinski definition) is 4. The summed E-state index contributed by atoms with van der Waals surface area (Å²) >= 11 is 0. The van der Waals surface area contributed by atoms with Gasteiger partial charge in [0.2, 0.25) is 6.29 Å². The second kappa shape index (κ2) is 4.11. The van der Waals surface area contributed by atoms with Gasteiger partial charge in [-0.2, -0.15) is 0 Å². The van der Waals surface area contributed by atoms with Crippen LogP contribution < -0.4 is 0 Å². The number of hydrogen-bond donors (Lipinski definition) is 3. The van der Waals surface area contributed by atoms with Crippen LogP contribution in [0.1, 0.15) is 6.42 Å². The Hall–Kier alpha value is -0.810. The molecule has 0 radical (unpaired) electrons. The van der Waals surface area contributed by atoms with Gasteiger partial charge in [-0.25, -0.2) is 4.79 Å². The van der Waals surface area contributed by atoms with Crippen LogP contribution in [0.3, 0.4) is 0 Å². The molecule has 0 aliphatic rings. The van der Waals surface area contributed by atoms with Gasteiger partial charge in [0.15, 0.2) is 0 Å². The van der Waals surface area contributed by atoms with E-state index in [2.05, 4.69) is 4.74 Å². The maximum Gasteiger partial charge on any atom is 0.508 e. The smallest absolute Gasteiger partial charge is 0.450 e. The Labute approximate surface area is 51.5 Å². The number of aliphatic hydroxyl groups excluding tert-OH is 2. The van der Waals surface area contributed by atoms with Gasteiger partial charge >= 0.3 is 6.16 Å². The Morgan fingerprint density at radius 2 is 2.22 bits per heavy atom. The third-order valence-electron chi connectivity index (χ3n) is 0.613. The quantitative estimate of drug-likeness (QED) is 0.355. The van der Waals surface area contributed by atoms with E-state index in [4.69, 9.17) is 15.3 Å². The number of carboxylic acid groups (broad SMARTS) is 1. The van der Waals surface area contributed by atoms with Crippen LogP contribution in [0.2, 0.25) is 0 Å². The molecule has 0 bridgehead atoms. The van der Waals surface area contributed by atoms with Gasteiger partial charge in [0, 0.05) is 13.0 Å². The van der Waals surface area contributed by atoms with Crippen molar-refractivity contribution in [3.8, 4) is 0 Å². The monoisotopic (exact) mass is 136 g/mol. The maximum atomic E-state index is 9.62. The molecule has 0 heterocycles. The van der Waals surface area contributed by atoms with E-state index in [0.717, 1.165) is 0 Å². The molecule has 1 atom stereocenters. The first-order valence-electron chi connectivity index (χ1n) is 2.35. The summed E-state index contributed by atoms with van der Waals surface area (Å²) in [6.07, 6.45) is -3.05. The molecule has 0 saturated heterocycles. The first-order chi connectivity index (χ1) is 4.16. The zero-order valence-electron chi connectivity index (χ0n) is 4.65. The van der Waals surface area contributed by atoms with Crippen molar-refractivity contribution >= 4 is 6.16 Å². The van der Waals surface area contributed by atoms with Gasteiger partial charge in [0.25, 0.3) is 0 Å². The predicted molar refractivity (Wildman–Crippen MR) is 26.8 cm³/mol. The predicted octanol–water partition coefficient (Wildman–Crippen LogP) is -0.618. The van der Waals surface area contributed by atoms with Crippen LogP contribution in [0.5, 0.6) is 0 Å². The van der Waals surface area contributed by atoms with Crippen molar-refractivity contribution in [3.05, 3.63) is 0 Å². The average Bonchev–Trinajstić information content (AvgIpc) is 1.63. The summed E-state index contributed by atoms with van der Waals surface area (Å²) in [5.74, 6) is 0. The van der Waals surface area contributed by atoms with Crippen LogP contribution in [-0.4, -0.2) is 34.4 Å². The Kier molecular flexibility index (Phi) is 3.74. The standard InChI is InChI=1S/C4H8O5/c5-2-1-3(6)9-4(7)8/h3,5-6H,1-2H2,(H,7,8). The van der Waals surface area contributed by atoms with Gasteiger partial charge in [0.05, 0.1) is 0 Å². The molecule has 1 unspecified atom stereocenters. The minimum Gasteiger partial charge on any atom is -0.450 e. The van der Waals surface area contributed by atoms with Crippen molar-refractivity contribution < 1.29 is 24.9 Å². The summed E-state index contributed by atoms with van der Waals surface area (Å²) in [4.78, 5) is 9.62. The van der Waals surface area contributed by atoms with Crippen LogP contribution in [0.4, 0.5) is 4.79 Å². The van der Waals surface area contributed by atoms with Crippen molar-refractivity contribution in [3.63, 3.8) is 0 Å². The molecule has 0 fully saturated rings. The van der Waals surface area contributed by atoms with Crippen LogP contribution >= 0.6 is 0 Å². The van der Waals surface area contributed by atoms with E-state index in [0.29, 0.717) is 0 Å². The van der Waals surface area contributed by atoms with E-state index in [1.165, 1.54) is 0 Å². The van der Waals surface area contributed by atoms with E-state index in [1.54, 1.807) is 0 Å². The molecule has 0 aromatic carbocycles. The Bertz CT molecular complexity index is 91.0. The fraction of sp³-hybridized carbons (Fsp3) is 0.750. The van der Waals surface area contributed by atoms with E-state index in [1.807, 2.05) is 0 Å². The summed E-state index contributed by atoms with van der Waals surface area (Å²) in [5.41, 5.74) is 0. The van der Waals surface area contributed by atoms with Crippen LogP contribution in [0.25, 0.3) is 0 Å². The minimum atomic E-state index is -1.55. The third kappa shape index (κ3) is 5.05. The van der Waals surface area contributed by atoms with Crippen molar-refractivity contribution in [1.82, 2.24) is 0 Å². The normalized spacial score (nSPS) is 12.7. The fourth-order valence-corrected chi connectivity index (χ4v) is 0.286. The van der Waals surface area contributed by atoms with E-state index in [-0.39, 0.29) is 13.0 Å². The molecule has 3 N–H and O–H groups in total.